The lowest BCUT2D eigenvalue weighted by atomic mass is 10.2. The number of aromatic hydroxyl groups is 1. The monoisotopic (exact) mass is 177 g/mol. The molecular formula is C10H11NO2. The number of phenols is 1. The Bertz CT molecular complexity index is 329. The Balaban J connectivity index is 2.26. The van der Waals surface area contributed by atoms with Gasteiger partial charge in [0.25, 0.3) is 0 Å². The fourth-order valence-electron chi connectivity index (χ4n) is 1.24. The Labute approximate surface area is 76.7 Å². The average Bonchev–Trinajstić information content (AvgIpc) is 2.53. The van der Waals surface area contributed by atoms with Gasteiger partial charge in [-0.25, -0.2) is 4.99 Å². The molecule has 0 unspecified atom stereocenters. The molecule has 68 valence electrons. The second-order valence-corrected chi connectivity index (χ2v) is 3.14. The zero-order valence-electron chi connectivity index (χ0n) is 7.40. The van der Waals surface area contributed by atoms with Crippen molar-refractivity contribution in [3.63, 3.8) is 0 Å². The third-order valence-electron chi connectivity index (χ3n) is 1.91. The summed E-state index contributed by atoms with van der Waals surface area (Å²) in [6.45, 7) is 2.66. The average molecular weight is 177 g/mol. The minimum absolute atomic E-state index is 0.240. The van der Waals surface area contributed by atoms with Crippen molar-refractivity contribution in [3.05, 3.63) is 29.8 Å². The number of nitrogens with zero attached hydrogens (tertiary/aromatic N) is 1. The van der Waals surface area contributed by atoms with Crippen LogP contribution < -0.4 is 0 Å². The van der Waals surface area contributed by atoms with E-state index in [2.05, 4.69) is 4.99 Å². The summed E-state index contributed by atoms with van der Waals surface area (Å²) in [4.78, 5) is 4.30. The molecule has 1 aliphatic heterocycles. The summed E-state index contributed by atoms with van der Waals surface area (Å²) in [6, 6.07) is 7.09. The third kappa shape index (κ3) is 1.64. The Morgan fingerprint density at radius 3 is 2.62 bits per heavy atom. The van der Waals surface area contributed by atoms with E-state index in [0.717, 1.165) is 5.56 Å². The van der Waals surface area contributed by atoms with Gasteiger partial charge < -0.3 is 9.84 Å². The molecule has 1 atom stereocenters. The SMILES string of the molecule is C[C@H]1COC(c2ccc(O)cc2)=N1. The van der Waals surface area contributed by atoms with Gasteiger partial charge in [-0.1, -0.05) is 0 Å². The standard InChI is InChI=1S/C10H11NO2/c1-7-6-13-10(11-7)8-2-4-9(12)5-3-8/h2-5,7,12H,6H2,1H3/t7-/m0/s1. The summed E-state index contributed by atoms with van der Waals surface area (Å²) < 4.78 is 5.36. The van der Waals surface area contributed by atoms with E-state index in [0.29, 0.717) is 12.5 Å². The van der Waals surface area contributed by atoms with Crippen LogP contribution in [0.25, 0.3) is 0 Å². The van der Waals surface area contributed by atoms with Crippen LogP contribution in [0.4, 0.5) is 0 Å². The molecule has 1 aromatic carbocycles. The molecule has 1 aromatic rings. The maximum absolute atomic E-state index is 9.07. The van der Waals surface area contributed by atoms with Gasteiger partial charge in [0.05, 0.1) is 6.04 Å². The Morgan fingerprint density at radius 2 is 2.08 bits per heavy atom. The topological polar surface area (TPSA) is 41.8 Å². The first-order chi connectivity index (χ1) is 6.25. The molecule has 3 heteroatoms. The van der Waals surface area contributed by atoms with Crippen LogP contribution >= 0.6 is 0 Å². The molecule has 2 rings (SSSR count). The van der Waals surface area contributed by atoms with Gasteiger partial charge in [-0.3, -0.25) is 0 Å². The molecule has 13 heavy (non-hydrogen) atoms. The highest BCUT2D eigenvalue weighted by Gasteiger charge is 2.15. The Hall–Kier alpha value is -1.51. The van der Waals surface area contributed by atoms with Crippen molar-refractivity contribution in [2.24, 2.45) is 4.99 Å². The van der Waals surface area contributed by atoms with Crippen LogP contribution in [-0.4, -0.2) is 23.7 Å². The van der Waals surface area contributed by atoms with Crippen molar-refractivity contribution in [3.8, 4) is 5.75 Å². The van der Waals surface area contributed by atoms with Crippen LogP contribution in [0.2, 0.25) is 0 Å². The molecule has 0 saturated heterocycles. The number of hydrogen-bond donors (Lipinski definition) is 1. The zero-order valence-corrected chi connectivity index (χ0v) is 7.40. The summed E-state index contributed by atoms with van der Waals surface area (Å²) in [5.74, 6) is 0.933. The van der Waals surface area contributed by atoms with Crippen molar-refractivity contribution in [1.29, 1.82) is 0 Å². The van der Waals surface area contributed by atoms with Gasteiger partial charge in [0.15, 0.2) is 0 Å². The molecule has 0 bridgehead atoms. The van der Waals surface area contributed by atoms with Gasteiger partial charge in [0.1, 0.15) is 12.4 Å². The van der Waals surface area contributed by atoms with Gasteiger partial charge in [-0.05, 0) is 31.2 Å². The van der Waals surface area contributed by atoms with Crippen molar-refractivity contribution in [2.45, 2.75) is 13.0 Å². The largest absolute Gasteiger partial charge is 0.508 e. The number of ether oxygens (including phenoxy) is 1. The number of benzene rings is 1. The lowest BCUT2D eigenvalue weighted by molar-refractivity contribution is 0.324. The molecule has 0 saturated carbocycles. The molecule has 0 aromatic heterocycles. The van der Waals surface area contributed by atoms with Crippen LogP contribution in [0, 0.1) is 0 Å². The van der Waals surface area contributed by atoms with E-state index in [1.165, 1.54) is 0 Å². The van der Waals surface area contributed by atoms with Crippen LogP contribution in [0.5, 0.6) is 5.75 Å². The summed E-state index contributed by atoms with van der Waals surface area (Å²) in [6.07, 6.45) is 0. The highest BCUT2D eigenvalue weighted by atomic mass is 16.5. The number of phenolic OH excluding ortho intramolecular Hbond substituents is 1. The van der Waals surface area contributed by atoms with E-state index >= 15 is 0 Å². The second-order valence-electron chi connectivity index (χ2n) is 3.14. The maximum Gasteiger partial charge on any atom is 0.216 e. The van der Waals surface area contributed by atoms with E-state index in [9.17, 15) is 0 Å². The first-order valence-corrected chi connectivity index (χ1v) is 4.26. The molecule has 0 aliphatic carbocycles. The van der Waals surface area contributed by atoms with Gasteiger partial charge in [-0.15, -0.1) is 0 Å². The van der Waals surface area contributed by atoms with Gasteiger partial charge in [0.2, 0.25) is 5.90 Å². The fourth-order valence-corrected chi connectivity index (χ4v) is 1.24. The molecule has 0 spiro atoms. The van der Waals surface area contributed by atoms with Crippen LogP contribution in [0.15, 0.2) is 29.3 Å². The summed E-state index contributed by atoms with van der Waals surface area (Å²) >= 11 is 0. The van der Waals surface area contributed by atoms with Crippen LogP contribution in [-0.2, 0) is 4.74 Å². The summed E-state index contributed by atoms with van der Waals surface area (Å²) in [5, 5.41) is 9.07. The van der Waals surface area contributed by atoms with Gasteiger partial charge in [-0.2, -0.15) is 0 Å². The molecule has 0 radical (unpaired) electrons. The third-order valence-corrected chi connectivity index (χ3v) is 1.91. The molecular weight excluding hydrogens is 166 g/mol. The zero-order chi connectivity index (χ0) is 9.26. The molecule has 1 heterocycles. The molecule has 1 N–H and O–H groups in total. The minimum atomic E-state index is 0.240. The minimum Gasteiger partial charge on any atom is -0.508 e. The number of hydrogen-bond acceptors (Lipinski definition) is 3. The van der Waals surface area contributed by atoms with E-state index in [-0.39, 0.29) is 11.8 Å². The van der Waals surface area contributed by atoms with E-state index in [1.54, 1.807) is 24.3 Å². The van der Waals surface area contributed by atoms with Crippen molar-refractivity contribution >= 4 is 5.90 Å². The lowest BCUT2D eigenvalue weighted by Crippen LogP contribution is -2.01. The predicted molar refractivity (Wildman–Crippen MR) is 50.1 cm³/mol. The van der Waals surface area contributed by atoms with Crippen LogP contribution in [0.1, 0.15) is 12.5 Å². The summed E-state index contributed by atoms with van der Waals surface area (Å²) in [5.41, 5.74) is 0.919. The predicted octanol–water partition coefficient (Wildman–Crippen LogP) is 1.56. The number of aliphatic imine (C=N–C) groups is 1. The van der Waals surface area contributed by atoms with Crippen molar-refractivity contribution in [1.82, 2.24) is 0 Å². The smallest absolute Gasteiger partial charge is 0.216 e. The van der Waals surface area contributed by atoms with Gasteiger partial charge >= 0.3 is 0 Å². The normalized spacial score (nSPS) is 21.0. The lowest BCUT2D eigenvalue weighted by Gasteiger charge is -2.00. The Kier molecular flexibility index (Phi) is 1.93. The van der Waals surface area contributed by atoms with E-state index in [1.807, 2.05) is 6.92 Å². The highest BCUT2D eigenvalue weighted by molar-refractivity contribution is 5.95. The Morgan fingerprint density at radius 1 is 1.38 bits per heavy atom. The van der Waals surface area contributed by atoms with E-state index in [4.69, 9.17) is 9.84 Å². The second kappa shape index (κ2) is 3.09. The number of rotatable bonds is 1. The molecule has 0 amide bonds. The molecule has 3 nitrogen and oxygen atoms in total. The van der Waals surface area contributed by atoms with E-state index < -0.39 is 0 Å². The molecule has 0 fully saturated rings. The summed E-state index contributed by atoms with van der Waals surface area (Å²) in [7, 11) is 0. The van der Waals surface area contributed by atoms with Crippen LogP contribution in [0.3, 0.4) is 0 Å². The van der Waals surface area contributed by atoms with Crippen molar-refractivity contribution in [2.75, 3.05) is 6.61 Å². The van der Waals surface area contributed by atoms with Gasteiger partial charge in [0, 0.05) is 5.56 Å². The van der Waals surface area contributed by atoms with Crippen molar-refractivity contribution < 1.29 is 9.84 Å². The highest BCUT2D eigenvalue weighted by Crippen LogP contribution is 2.14. The molecule has 1 aliphatic rings. The first kappa shape index (κ1) is 8.10. The quantitative estimate of drug-likeness (QED) is 0.707. The first-order valence-electron chi connectivity index (χ1n) is 4.26. The fraction of sp³-hybridized carbons (Fsp3) is 0.300. The maximum atomic E-state index is 9.07.